The Bertz CT molecular complexity index is 901. The van der Waals surface area contributed by atoms with Crippen LogP contribution in [0.2, 0.25) is 0 Å². The van der Waals surface area contributed by atoms with Crippen molar-refractivity contribution in [3.63, 3.8) is 0 Å². The maximum atomic E-state index is 12.3. The normalized spacial score (nSPS) is 9.88. The van der Waals surface area contributed by atoms with E-state index in [2.05, 4.69) is 20.6 Å². The Morgan fingerprint density at radius 2 is 1.92 bits per heavy atom. The average Bonchev–Trinajstić information content (AvgIpc) is 2.68. The zero-order valence-corrected chi connectivity index (χ0v) is 13.3. The number of rotatable bonds is 5. The number of aromatic nitrogens is 2. The van der Waals surface area contributed by atoms with E-state index < -0.39 is 0 Å². The van der Waals surface area contributed by atoms with Crippen LogP contribution in [0.5, 0.6) is 0 Å². The predicted molar refractivity (Wildman–Crippen MR) is 94.9 cm³/mol. The molecule has 6 heteroatoms. The Balaban J connectivity index is 1.65. The van der Waals surface area contributed by atoms with E-state index in [-0.39, 0.29) is 5.91 Å². The lowest BCUT2D eigenvalue weighted by atomic mass is 10.2. The van der Waals surface area contributed by atoms with Gasteiger partial charge < -0.3 is 10.6 Å². The monoisotopic (exact) mass is 329 g/mol. The number of amides is 1. The van der Waals surface area contributed by atoms with E-state index in [0.29, 0.717) is 23.5 Å². The number of anilines is 2. The van der Waals surface area contributed by atoms with Crippen LogP contribution < -0.4 is 10.6 Å². The largest absolute Gasteiger partial charge is 0.381 e. The summed E-state index contributed by atoms with van der Waals surface area (Å²) in [6.45, 7) is 0.606. The highest BCUT2D eigenvalue weighted by Crippen LogP contribution is 2.13. The maximum absolute atomic E-state index is 12.3. The Labute approximate surface area is 145 Å². The van der Waals surface area contributed by atoms with E-state index in [1.807, 2.05) is 18.2 Å². The molecule has 2 heterocycles. The number of carbonyl (C=O) groups excluding carboxylic acids is 1. The summed E-state index contributed by atoms with van der Waals surface area (Å²) >= 11 is 0. The van der Waals surface area contributed by atoms with Crippen molar-refractivity contribution in [2.45, 2.75) is 6.54 Å². The van der Waals surface area contributed by atoms with E-state index in [1.54, 1.807) is 55.0 Å². The van der Waals surface area contributed by atoms with Crippen LogP contribution >= 0.6 is 0 Å². The first-order valence-electron chi connectivity index (χ1n) is 7.65. The lowest BCUT2D eigenvalue weighted by Gasteiger charge is -2.08. The van der Waals surface area contributed by atoms with Crippen molar-refractivity contribution in [3.8, 4) is 6.07 Å². The van der Waals surface area contributed by atoms with Crippen molar-refractivity contribution >= 4 is 17.3 Å². The first kappa shape index (κ1) is 16.1. The van der Waals surface area contributed by atoms with Crippen molar-refractivity contribution in [3.05, 3.63) is 83.9 Å². The minimum atomic E-state index is -0.310. The topological polar surface area (TPSA) is 90.7 Å². The Morgan fingerprint density at radius 1 is 1.08 bits per heavy atom. The van der Waals surface area contributed by atoms with Gasteiger partial charge in [-0.25, -0.2) is 0 Å². The van der Waals surface area contributed by atoms with Crippen molar-refractivity contribution in [2.24, 2.45) is 0 Å². The second kappa shape index (κ2) is 7.70. The molecule has 0 spiro atoms. The molecule has 25 heavy (non-hydrogen) atoms. The molecule has 2 aromatic heterocycles. The SMILES string of the molecule is N#Cc1ccc(NC(=O)c2cc(NCc3cccnc3)ccn2)cc1. The Morgan fingerprint density at radius 3 is 2.64 bits per heavy atom. The summed E-state index contributed by atoms with van der Waals surface area (Å²) in [5.74, 6) is -0.310. The molecule has 0 aliphatic carbocycles. The number of carbonyl (C=O) groups is 1. The lowest BCUT2D eigenvalue weighted by Crippen LogP contribution is -2.14. The van der Waals surface area contributed by atoms with E-state index in [9.17, 15) is 4.79 Å². The molecular weight excluding hydrogens is 314 g/mol. The number of nitrogens with one attached hydrogen (secondary N) is 2. The number of pyridine rings is 2. The van der Waals surface area contributed by atoms with Crippen LogP contribution in [0.4, 0.5) is 11.4 Å². The molecule has 6 nitrogen and oxygen atoms in total. The first-order chi connectivity index (χ1) is 12.2. The predicted octanol–water partition coefficient (Wildman–Crippen LogP) is 3.21. The van der Waals surface area contributed by atoms with Gasteiger partial charge in [-0.3, -0.25) is 14.8 Å². The van der Waals surface area contributed by atoms with Crippen LogP contribution in [-0.2, 0) is 6.54 Å². The van der Waals surface area contributed by atoms with Gasteiger partial charge in [0.15, 0.2) is 0 Å². The molecule has 1 amide bonds. The summed E-state index contributed by atoms with van der Waals surface area (Å²) in [6, 6.07) is 16.0. The van der Waals surface area contributed by atoms with Crippen molar-refractivity contribution < 1.29 is 4.79 Å². The molecule has 0 saturated heterocycles. The van der Waals surface area contributed by atoms with Crippen molar-refractivity contribution in [1.82, 2.24) is 9.97 Å². The fourth-order valence-electron chi connectivity index (χ4n) is 2.19. The zero-order chi connectivity index (χ0) is 17.5. The van der Waals surface area contributed by atoms with E-state index in [1.165, 1.54) is 0 Å². The molecule has 0 unspecified atom stereocenters. The number of nitriles is 1. The molecule has 0 aliphatic heterocycles. The van der Waals surface area contributed by atoms with Gasteiger partial charge >= 0.3 is 0 Å². The minimum absolute atomic E-state index is 0.306. The zero-order valence-electron chi connectivity index (χ0n) is 13.3. The van der Waals surface area contributed by atoms with Gasteiger partial charge in [0.05, 0.1) is 11.6 Å². The summed E-state index contributed by atoms with van der Waals surface area (Å²) < 4.78 is 0. The smallest absolute Gasteiger partial charge is 0.274 e. The fraction of sp³-hybridized carbons (Fsp3) is 0.0526. The van der Waals surface area contributed by atoms with Crippen LogP contribution in [0, 0.1) is 11.3 Å². The molecule has 0 fully saturated rings. The summed E-state index contributed by atoms with van der Waals surface area (Å²) in [7, 11) is 0. The highest BCUT2D eigenvalue weighted by atomic mass is 16.1. The molecular formula is C19H15N5O. The maximum Gasteiger partial charge on any atom is 0.274 e. The molecule has 1 aromatic carbocycles. The van der Waals surface area contributed by atoms with Gasteiger partial charge in [-0.1, -0.05) is 6.07 Å². The van der Waals surface area contributed by atoms with Gasteiger partial charge in [-0.2, -0.15) is 5.26 Å². The summed E-state index contributed by atoms with van der Waals surface area (Å²) in [5, 5.41) is 14.8. The van der Waals surface area contributed by atoms with Gasteiger partial charge in [0.1, 0.15) is 5.69 Å². The average molecular weight is 329 g/mol. The number of hydrogen-bond donors (Lipinski definition) is 2. The van der Waals surface area contributed by atoms with Gasteiger partial charge in [0, 0.05) is 36.5 Å². The Hall–Kier alpha value is -3.72. The van der Waals surface area contributed by atoms with E-state index >= 15 is 0 Å². The molecule has 122 valence electrons. The van der Waals surface area contributed by atoms with Crippen LogP contribution in [0.1, 0.15) is 21.6 Å². The molecule has 0 aliphatic rings. The molecule has 0 radical (unpaired) electrons. The van der Waals surface area contributed by atoms with Gasteiger partial charge in [0.25, 0.3) is 5.91 Å². The summed E-state index contributed by atoms with van der Waals surface area (Å²) in [5.41, 5.74) is 3.30. The van der Waals surface area contributed by atoms with Crippen molar-refractivity contribution in [1.29, 1.82) is 5.26 Å². The fourth-order valence-corrected chi connectivity index (χ4v) is 2.19. The van der Waals surface area contributed by atoms with Gasteiger partial charge in [-0.15, -0.1) is 0 Å². The number of hydrogen-bond acceptors (Lipinski definition) is 5. The third kappa shape index (κ3) is 4.39. The van der Waals surface area contributed by atoms with E-state index in [4.69, 9.17) is 5.26 Å². The van der Waals surface area contributed by atoms with E-state index in [0.717, 1.165) is 11.3 Å². The minimum Gasteiger partial charge on any atom is -0.381 e. The first-order valence-corrected chi connectivity index (χ1v) is 7.65. The molecule has 0 atom stereocenters. The molecule has 0 saturated carbocycles. The second-order valence-corrected chi connectivity index (χ2v) is 5.29. The van der Waals surface area contributed by atoms with Crippen LogP contribution in [-0.4, -0.2) is 15.9 Å². The van der Waals surface area contributed by atoms with Crippen LogP contribution in [0.25, 0.3) is 0 Å². The van der Waals surface area contributed by atoms with Crippen LogP contribution in [0.3, 0.4) is 0 Å². The third-order valence-corrected chi connectivity index (χ3v) is 3.48. The highest BCUT2D eigenvalue weighted by molar-refractivity contribution is 6.03. The number of benzene rings is 1. The molecule has 3 aromatic rings. The van der Waals surface area contributed by atoms with Crippen molar-refractivity contribution in [2.75, 3.05) is 10.6 Å². The number of nitrogens with zero attached hydrogens (tertiary/aromatic N) is 3. The van der Waals surface area contributed by atoms with Crippen LogP contribution in [0.15, 0.2) is 67.1 Å². The molecule has 3 rings (SSSR count). The second-order valence-electron chi connectivity index (χ2n) is 5.29. The summed E-state index contributed by atoms with van der Waals surface area (Å²) in [4.78, 5) is 20.5. The standard InChI is InChI=1S/C19H15N5O/c20-11-14-3-5-16(6-4-14)24-19(25)18-10-17(7-9-22-18)23-13-15-2-1-8-21-12-15/h1-10,12H,13H2,(H,22,23)(H,24,25). The lowest BCUT2D eigenvalue weighted by molar-refractivity contribution is 0.102. The molecule has 0 bridgehead atoms. The third-order valence-electron chi connectivity index (χ3n) is 3.48. The molecule has 2 N–H and O–H groups in total. The summed E-state index contributed by atoms with van der Waals surface area (Å²) in [6.07, 6.45) is 5.09. The highest BCUT2D eigenvalue weighted by Gasteiger charge is 2.08. The van der Waals surface area contributed by atoms with Gasteiger partial charge in [0.2, 0.25) is 0 Å². The Kier molecular flexibility index (Phi) is 4.98. The van der Waals surface area contributed by atoms with Gasteiger partial charge in [-0.05, 0) is 48.0 Å². The quantitative estimate of drug-likeness (QED) is 0.750.